The molecule has 29 heavy (non-hydrogen) atoms. The fourth-order valence-corrected chi connectivity index (χ4v) is 2.81. The van der Waals surface area contributed by atoms with Crippen LogP contribution in [0.2, 0.25) is 0 Å². The topological polar surface area (TPSA) is 135 Å². The zero-order chi connectivity index (χ0) is 22.1. The molecular weight excluding hydrogens is 388 g/mol. The zero-order valence-corrected chi connectivity index (χ0v) is 17.4. The van der Waals surface area contributed by atoms with Crippen LogP contribution in [0.1, 0.15) is 53.4 Å². The van der Waals surface area contributed by atoms with Crippen LogP contribution in [0.25, 0.3) is 0 Å². The van der Waals surface area contributed by atoms with Crippen LogP contribution in [0, 0.1) is 5.92 Å². The standard InChI is InChI=1S/C19H30O10/c1-6-12(20)27-15-11(9-10(4)18(23)24)26-19(25-5)17(29-14(22)8-3)16(15)28-13(21)7-2/h10-11,15-17,19H,6-9H2,1-5H3,(H,23,24)/t10?,11-,15-,16+,17-,19-/m1/s1. The van der Waals surface area contributed by atoms with Crippen LogP contribution >= 0.6 is 0 Å². The van der Waals surface area contributed by atoms with Crippen LogP contribution in [-0.4, -0.2) is 66.8 Å². The van der Waals surface area contributed by atoms with E-state index in [9.17, 15) is 24.3 Å². The van der Waals surface area contributed by atoms with Crippen molar-refractivity contribution in [2.75, 3.05) is 7.11 Å². The first kappa shape index (κ1) is 24.8. The van der Waals surface area contributed by atoms with E-state index in [-0.39, 0.29) is 25.7 Å². The van der Waals surface area contributed by atoms with Crippen LogP contribution in [0.4, 0.5) is 0 Å². The summed E-state index contributed by atoms with van der Waals surface area (Å²) in [6.07, 6.45) is -5.55. The van der Waals surface area contributed by atoms with Gasteiger partial charge in [0, 0.05) is 26.4 Å². The van der Waals surface area contributed by atoms with Crippen molar-refractivity contribution in [1.29, 1.82) is 0 Å². The number of methoxy groups -OCH3 is 1. The van der Waals surface area contributed by atoms with Crippen LogP contribution < -0.4 is 0 Å². The molecule has 0 aromatic carbocycles. The number of carboxylic acids is 1. The number of rotatable bonds is 10. The Labute approximate surface area is 169 Å². The average Bonchev–Trinajstić information content (AvgIpc) is 2.70. The molecule has 10 nitrogen and oxygen atoms in total. The smallest absolute Gasteiger partial charge is 0.306 e. The molecule has 0 aromatic heterocycles. The molecule has 0 amide bonds. The molecule has 0 saturated carbocycles. The molecule has 1 N–H and O–H groups in total. The molecule has 1 aliphatic heterocycles. The largest absolute Gasteiger partial charge is 0.481 e. The first-order chi connectivity index (χ1) is 13.7. The molecule has 1 unspecified atom stereocenters. The Bertz CT molecular complexity index is 590. The molecule has 1 heterocycles. The lowest BCUT2D eigenvalue weighted by Crippen LogP contribution is -2.62. The third kappa shape index (κ3) is 6.97. The van der Waals surface area contributed by atoms with Crippen molar-refractivity contribution in [3.63, 3.8) is 0 Å². The van der Waals surface area contributed by atoms with E-state index in [0.29, 0.717) is 0 Å². The van der Waals surface area contributed by atoms with Gasteiger partial charge in [0.2, 0.25) is 0 Å². The predicted octanol–water partition coefficient (Wildman–Crippen LogP) is 1.43. The van der Waals surface area contributed by atoms with Gasteiger partial charge in [-0.2, -0.15) is 0 Å². The second-order valence-corrected chi connectivity index (χ2v) is 6.68. The molecule has 1 rings (SSSR count). The fourth-order valence-electron chi connectivity index (χ4n) is 2.81. The molecule has 1 fully saturated rings. The van der Waals surface area contributed by atoms with Gasteiger partial charge in [0.1, 0.15) is 6.10 Å². The van der Waals surface area contributed by atoms with Crippen molar-refractivity contribution < 1.29 is 48.0 Å². The van der Waals surface area contributed by atoms with Gasteiger partial charge >= 0.3 is 23.9 Å². The van der Waals surface area contributed by atoms with E-state index in [1.807, 2.05) is 0 Å². The number of esters is 3. The van der Waals surface area contributed by atoms with Gasteiger partial charge in [0.15, 0.2) is 24.6 Å². The minimum Gasteiger partial charge on any atom is -0.481 e. The highest BCUT2D eigenvalue weighted by Gasteiger charge is 2.52. The summed E-state index contributed by atoms with van der Waals surface area (Å²) in [7, 11) is 1.31. The van der Waals surface area contributed by atoms with E-state index in [0.717, 1.165) is 0 Å². The highest BCUT2D eigenvalue weighted by atomic mass is 16.7. The third-order valence-corrected chi connectivity index (χ3v) is 4.50. The number of hydrogen-bond donors (Lipinski definition) is 1. The molecular formula is C19H30O10. The molecule has 1 aliphatic rings. The van der Waals surface area contributed by atoms with Crippen molar-refractivity contribution in [3.8, 4) is 0 Å². The van der Waals surface area contributed by atoms with Crippen LogP contribution in [0.15, 0.2) is 0 Å². The Morgan fingerprint density at radius 3 is 1.72 bits per heavy atom. The van der Waals surface area contributed by atoms with E-state index in [1.165, 1.54) is 14.0 Å². The third-order valence-electron chi connectivity index (χ3n) is 4.50. The maximum absolute atomic E-state index is 12.0. The lowest BCUT2D eigenvalue weighted by molar-refractivity contribution is -0.300. The van der Waals surface area contributed by atoms with E-state index < -0.39 is 60.5 Å². The van der Waals surface area contributed by atoms with Crippen molar-refractivity contribution in [1.82, 2.24) is 0 Å². The van der Waals surface area contributed by atoms with Gasteiger partial charge in [-0.3, -0.25) is 19.2 Å². The lowest BCUT2D eigenvalue weighted by Gasteiger charge is -2.44. The normalized spacial score (nSPS) is 27.6. The van der Waals surface area contributed by atoms with Crippen molar-refractivity contribution in [2.24, 2.45) is 5.92 Å². The highest BCUT2D eigenvalue weighted by Crippen LogP contribution is 2.32. The summed E-state index contributed by atoms with van der Waals surface area (Å²) in [5.74, 6) is -3.69. The molecule has 6 atom stereocenters. The second kappa shape index (κ2) is 11.7. The van der Waals surface area contributed by atoms with Crippen molar-refractivity contribution >= 4 is 23.9 Å². The average molecular weight is 418 g/mol. The zero-order valence-electron chi connectivity index (χ0n) is 17.4. The maximum Gasteiger partial charge on any atom is 0.306 e. The van der Waals surface area contributed by atoms with Crippen LogP contribution in [0.3, 0.4) is 0 Å². The minimum absolute atomic E-state index is 0.0358. The molecule has 0 aromatic rings. The summed E-state index contributed by atoms with van der Waals surface area (Å²) in [6, 6.07) is 0. The lowest BCUT2D eigenvalue weighted by atomic mass is 9.91. The molecule has 0 aliphatic carbocycles. The summed E-state index contributed by atoms with van der Waals surface area (Å²) < 4.78 is 27.3. The quantitative estimate of drug-likeness (QED) is 0.410. The summed E-state index contributed by atoms with van der Waals surface area (Å²) in [5, 5.41) is 9.25. The van der Waals surface area contributed by atoms with E-state index in [2.05, 4.69) is 0 Å². The molecule has 0 spiro atoms. The van der Waals surface area contributed by atoms with Gasteiger partial charge in [-0.25, -0.2) is 0 Å². The predicted molar refractivity (Wildman–Crippen MR) is 97.6 cm³/mol. The Hall–Kier alpha value is -2.20. The molecule has 1 saturated heterocycles. The van der Waals surface area contributed by atoms with Crippen molar-refractivity contribution in [2.45, 2.75) is 84.1 Å². The molecule has 166 valence electrons. The van der Waals surface area contributed by atoms with Gasteiger partial charge in [-0.15, -0.1) is 0 Å². The Kier molecular flexibility index (Phi) is 10.0. The SMILES string of the molecule is CCC(=O)O[C@@H]1[C@@H](OC(=O)CC)[C@H](OC)O[C@H](CC(C)C(=O)O)[C@H]1OC(=O)CC. The Morgan fingerprint density at radius 2 is 1.31 bits per heavy atom. The monoisotopic (exact) mass is 418 g/mol. The second-order valence-electron chi connectivity index (χ2n) is 6.68. The number of aliphatic carboxylic acids is 1. The number of hydrogen-bond acceptors (Lipinski definition) is 9. The van der Waals surface area contributed by atoms with Crippen LogP contribution in [0.5, 0.6) is 0 Å². The first-order valence-electron chi connectivity index (χ1n) is 9.67. The van der Waals surface area contributed by atoms with E-state index in [1.54, 1.807) is 20.8 Å². The van der Waals surface area contributed by atoms with Crippen LogP contribution in [-0.2, 0) is 42.9 Å². The summed E-state index contributed by atoms with van der Waals surface area (Å²) >= 11 is 0. The Morgan fingerprint density at radius 1 is 0.862 bits per heavy atom. The number of carbonyl (C=O) groups is 4. The molecule has 10 heteroatoms. The fraction of sp³-hybridized carbons (Fsp3) is 0.789. The van der Waals surface area contributed by atoms with Gasteiger partial charge in [0.25, 0.3) is 0 Å². The summed E-state index contributed by atoms with van der Waals surface area (Å²) in [6.45, 7) is 6.23. The van der Waals surface area contributed by atoms with Gasteiger partial charge in [-0.1, -0.05) is 27.7 Å². The summed E-state index contributed by atoms with van der Waals surface area (Å²) in [4.78, 5) is 47.3. The first-order valence-corrected chi connectivity index (χ1v) is 9.67. The number of carbonyl (C=O) groups excluding carboxylic acids is 3. The van der Waals surface area contributed by atoms with Crippen molar-refractivity contribution in [3.05, 3.63) is 0 Å². The number of carboxylic acid groups (broad SMARTS) is 1. The van der Waals surface area contributed by atoms with Gasteiger partial charge < -0.3 is 28.8 Å². The highest BCUT2D eigenvalue weighted by molar-refractivity contribution is 5.71. The molecule has 0 radical (unpaired) electrons. The molecule has 0 bridgehead atoms. The van der Waals surface area contributed by atoms with E-state index in [4.69, 9.17) is 23.7 Å². The van der Waals surface area contributed by atoms with Gasteiger partial charge in [0.05, 0.1) is 5.92 Å². The van der Waals surface area contributed by atoms with Gasteiger partial charge in [-0.05, 0) is 6.42 Å². The minimum atomic E-state index is -1.21. The summed E-state index contributed by atoms with van der Waals surface area (Å²) in [5.41, 5.74) is 0. The van der Waals surface area contributed by atoms with E-state index >= 15 is 0 Å². The maximum atomic E-state index is 12.0. The number of ether oxygens (including phenoxy) is 5. The Balaban J connectivity index is 3.33.